The van der Waals surface area contributed by atoms with Crippen LogP contribution in [0.3, 0.4) is 0 Å². The molecule has 0 radical (unpaired) electrons. The van der Waals surface area contributed by atoms with Gasteiger partial charge in [-0.25, -0.2) is 4.79 Å². The lowest BCUT2D eigenvalue weighted by Gasteiger charge is -1.89. The van der Waals surface area contributed by atoms with E-state index in [2.05, 4.69) is 0 Å². The largest absolute Gasteiger partial charge is 0.481 e. The van der Waals surface area contributed by atoms with Crippen LogP contribution in [0.5, 0.6) is 0 Å². The van der Waals surface area contributed by atoms with Gasteiger partial charge in [0.2, 0.25) is 0 Å². The maximum Gasteiger partial charge on any atom is 0.347 e. The van der Waals surface area contributed by atoms with Gasteiger partial charge in [-0.2, -0.15) is 0 Å². The fourth-order valence-electron chi connectivity index (χ4n) is 0.237. The van der Waals surface area contributed by atoms with Gasteiger partial charge >= 0.3 is 11.9 Å². The molecule has 0 aromatic carbocycles. The number of hydrogen-bond acceptors (Lipinski definition) is 3. The van der Waals surface area contributed by atoms with Crippen molar-refractivity contribution in [2.75, 3.05) is 5.75 Å². The van der Waals surface area contributed by atoms with E-state index in [4.69, 9.17) is 21.8 Å². The van der Waals surface area contributed by atoms with Crippen LogP contribution in [0.1, 0.15) is 0 Å². The van der Waals surface area contributed by atoms with Crippen molar-refractivity contribution in [1.29, 1.82) is 0 Å². The Morgan fingerprint density at radius 3 is 2.36 bits per heavy atom. The summed E-state index contributed by atoms with van der Waals surface area (Å²) in [4.78, 5) is 19.9. The molecule has 0 spiro atoms. The standard InChI is InChI=1S/C5H5ClO4S/c6-3(5(9)10)1-11-2-4(7)8/h1H,2H2,(H,7,8)(H,9,10)/b3-1-. The van der Waals surface area contributed by atoms with Crippen LogP contribution < -0.4 is 0 Å². The molecule has 0 aliphatic heterocycles. The van der Waals surface area contributed by atoms with E-state index in [1.54, 1.807) is 0 Å². The minimum absolute atomic E-state index is 0.191. The topological polar surface area (TPSA) is 74.6 Å². The minimum atomic E-state index is -1.26. The van der Waals surface area contributed by atoms with Crippen LogP contribution in [0.15, 0.2) is 10.4 Å². The van der Waals surface area contributed by atoms with Crippen molar-refractivity contribution in [2.24, 2.45) is 0 Å². The molecule has 0 saturated heterocycles. The predicted molar refractivity (Wildman–Crippen MR) is 41.7 cm³/mol. The Kier molecular flexibility index (Phi) is 4.72. The number of hydrogen-bond donors (Lipinski definition) is 2. The summed E-state index contributed by atoms with van der Waals surface area (Å²) < 4.78 is 0. The van der Waals surface area contributed by atoms with Gasteiger partial charge in [0.05, 0.1) is 5.75 Å². The third-order valence-electron chi connectivity index (χ3n) is 0.598. The van der Waals surface area contributed by atoms with Crippen molar-refractivity contribution in [3.05, 3.63) is 10.4 Å². The molecule has 6 heteroatoms. The van der Waals surface area contributed by atoms with Crippen molar-refractivity contribution in [3.8, 4) is 0 Å². The number of rotatable bonds is 4. The van der Waals surface area contributed by atoms with E-state index in [1.807, 2.05) is 0 Å². The molecule has 4 nitrogen and oxygen atoms in total. The Bertz CT molecular complexity index is 201. The van der Waals surface area contributed by atoms with E-state index >= 15 is 0 Å². The molecule has 0 aromatic rings. The average Bonchev–Trinajstić information content (AvgIpc) is 1.86. The van der Waals surface area contributed by atoms with Crippen LogP contribution in [0.2, 0.25) is 0 Å². The smallest absolute Gasteiger partial charge is 0.347 e. The summed E-state index contributed by atoms with van der Waals surface area (Å²) in [5.41, 5.74) is 0. The van der Waals surface area contributed by atoms with Crippen LogP contribution in [0.4, 0.5) is 0 Å². The van der Waals surface area contributed by atoms with E-state index in [0.717, 1.165) is 17.2 Å². The Hall–Kier alpha value is -0.680. The van der Waals surface area contributed by atoms with Crippen LogP contribution in [-0.2, 0) is 9.59 Å². The lowest BCUT2D eigenvalue weighted by atomic mass is 10.7. The van der Waals surface area contributed by atoms with Gasteiger partial charge in [-0.05, 0) is 5.41 Å². The van der Waals surface area contributed by atoms with Crippen LogP contribution in [0, 0.1) is 0 Å². The third-order valence-corrected chi connectivity index (χ3v) is 1.81. The summed E-state index contributed by atoms with van der Waals surface area (Å²) in [5, 5.41) is 17.0. The molecule has 0 aliphatic carbocycles. The molecule has 0 unspecified atom stereocenters. The highest BCUT2D eigenvalue weighted by atomic mass is 35.5. The van der Waals surface area contributed by atoms with E-state index in [9.17, 15) is 9.59 Å². The van der Waals surface area contributed by atoms with E-state index in [-0.39, 0.29) is 10.8 Å². The first-order chi connectivity index (χ1) is 5.04. The number of carboxylic acid groups (broad SMARTS) is 2. The van der Waals surface area contributed by atoms with Gasteiger partial charge in [0.15, 0.2) is 0 Å². The first kappa shape index (κ1) is 10.3. The molecule has 0 aliphatic rings. The summed E-state index contributed by atoms with van der Waals surface area (Å²) >= 11 is 5.97. The van der Waals surface area contributed by atoms with Crippen molar-refractivity contribution in [1.82, 2.24) is 0 Å². The van der Waals surface area contributed by atoms with Crippen molar-refractivity contribution >= 4 is 35.3 Å². The lowest BCUT2D eigenvalue weighted by molar-refractivity contribution is -0.134. The first-order valence-electron chi connectivity index (χ1n) is 2.46. The maximum atomic E-state index is 10.0. The summed E-state index contributed by atoms with van der Waals surface area (Å²) in [5.74, 6) is -2.46. The van der Waals surface area contributed by atoms with Crippen molar-refractivity contribution in [3.63, 3.8) is 0 Å². The second kappa shape index (κ2) is 5.03. The van der Waals surface area contributed by atoms with Crippen molar-refractivity contribution in [2.45, 2.75) is 0 Å². The predicted octanol–water partition coefficient (Wildman–Crippen LogP) is 0.969. The number of thioether (sulfide) groups is 1. The number of carboxylic acids is 2. The Balaban J connectivity index is 3.74. The highest BCUT2D eigenvalue weighted by Crippen LogP contribution is 2.10. The van der Waals surface area contributed by atoms with E-state index < -0.39 is 11.9 Å². The molecular formula is C5H5ClO4S. The zero-order chi connectivity index (χ0) is 8.85. The summed E-state index contributed by atoms with van der Waals surface area (Å²) in [6, 6.07) is 0. The fraction of sp³-hybridized carbons (Fsp3) is 0.200. The molecule has 0 bridgehead atoms. The molecule has 62 valence electrons. The van der Waals surface area contributed by atoms with Gasteiger partial charge < -0.3 is 10.2 Å². The maximum absolute atomic E-state index is 10.0. The van der Waals surface area contributed by atoms with Gasteiger partial charge in [-0.1, -0.05) is 11.6 Å². The quantitative estimate of drug-likeness (QED) is 0.656. The lowest BCUT2D eigenvalue weighted by Crippen LogP contribution is -1.97. The summed E-state index contributed by atoms with van der Waals surface area (Å²) in [7, 11) is 0. The fourth-order valence-corrected chi connectivity index (χ4v) is 0.899. The van der Waals surface area contributed by atoms with Gasteiger partial charge in [0, 0.05) is 0 Å². The zero-order valence-electron chi connectivity index (χ0n) is 5.28. The van der Waals surface area contributed by atoms with Gasteiger partial charge in [-0.3, -0.25) is 4.79 Å². The van der Waals surface area contributed by atoms with Crippen LogP contribution in [0.25, 0.3) is 0 Å². The molecule has 2 N–H and O–H groups in total. The second-order valence-electron chi connectivity index (χ2n) is 1.48. The molecule has 0 saturated carbocycles. The van der Waals surface area contributed by atoms with E-state index in [0.29, 0.717) is 0 Å². The third kappa shape index (κ3) is 5.75. The van der Waals surface area contributed by atoms with Crippen LogP contribution >= 0.6 is 23.4 Å². The highest BCUT2D eigenvalue weighted by molar-refractivity contribution is 8.02. The average molecular weight is 197 g/mol. The van der Waals surface area contributed by atoms with Crippen molar-refractivity contribution < 1.29 is 19.8 Å². The first-order valence-corrected chi connectivity index (χ1v) is 3.89. The Morgan fingerprint density at radius 1 is 1.45 bits per heavy atom. The highest BCUT2D eigenvalue weighted by Gasteiger charge is 2.02. The SMILES string of the molecule is O=C(O)CS/C=C(\Cl)C(=O)O. The molecule has 0 rings (SSSR count). The monoisotopic (exact) mass is 196 g/mol. The molecule has 0 fully saturated rings. The van der Waals surface area contributed by atoms with Crippen LogP contribution in [-0.4, -0.2) is 27.9 Å². The number of halogens is 1. The number of carbonyl (C=O) groups is 2. The number of aliphatic carboxylic acids is 2. The summed E-state index contributed by atoms with van der Waals surface area (Å²) in [6.07, 6.45) is 0. The van der Waals surface area contributed by atoms with Gasteiger partial charge in [-0.15, -0.1) is 11.8 Å². The molecular weight excluding hydrogens is 192 g/mol. The molecule has 0 heterocycles. The Morgan fingerprint density at radius 2 is 2.00 bits per heavy atom. The van der Waals surface area contributed by atoms with E-state index in [1.165, 1.54) is 0 Å². The molecule has 0 amide bonds. The molecule has 0 atom stereocenters. The minimum Gasteiger partial charge on any atom is -0.481 e. The normalized spacial score (nSPS) is 11.2. The molecule has 0 aromatic heterocycles. The zero-order valence-corrected chi connectivity index (χ0v) is 6.85. The van der Waals surface area contributed by atoms with Gasteiger partial charge in [0.25, 0.3) is 0 Å². The molecule has 11 heavy (non-hydrogen) atoms. The second-order valence-corrected chi connectivity index (χ2v) is 2.74. The van der Waals surface area contributed by atoms with Gasteiger partial charge in [0.1, 0.15) is 5.03 Å². The Labute approximate surface area is 71.8 Å². The summed E-state index contributed by atoms with van der Waals surface area (Å²) in [6.45, 7) is 0.